The lowest BCUT2D eigenvalue weighted by Gasteiger charge is -2.07. The van der Waals surface area contributed by atoms with Gasteiger partial charge in [-0.1, -0.05) is 11.6 Å². The molecule has 0 aliphatic carbocycles. The first-order valence-electron chi connectivity index (χ1n) is 8.63. The number of carbonyl (C=O) groups excluding carboxylic acids is 1. The molecular weight excluding hydrogens is 438 g/mol. The average molecular weight is 453 g/mol. The Balaban J connectivity index is 1.58. The minimum atomic E-state index is -3.94. The van der Waals surface area contributed by atoms with Crippen molar-refractivity contribution in [1.82, 2.24) is 19.7 Å². The molecule has 3 rings (SSSR count). The predicted molar refractivity (Wildman–Crippen MR) is 104 cm³/mol. The molecule has 0 saturated carbocycles. The fourth-order valence-electron chi connectivity index (χ4n) is 2.46. The molecule has 0 bridgehead atoms. The second kappa shape index (κ2) is 9.33. The summed E-state index contributed by atoms with van der Waals surface area (Å²) in [6.07, 6.45) is 5.46. The van der Waals surface area contributed by atoms with Crippen molar-refractivity contribution in [3.63, 3.8) is 0 Å². The van der Waals surface area contributed by atoms with Gasteiger partial charge in [-0.25, -0.2) is 26.9 Å². The first-order valence-corrected chi connectivity index (χ1v) is 10.5. The van der Waals surface area contributed by atoms with E-state index in [1.165, 1.54) is 24.7 Å². The summed E-state index contributed by atoms with van der Waals surface area (Å²) < 4.78 is 53.1. The van der Waals surface area contributed by atoms with Crippen LogP contribution in [0.5, 0.6) is 0 Å². The topological polar surface area (TPSA) is 102 Å². The van der Waals surface area contributed by atoms with Crippen LogP contribution in [0.3, 0.4) is 0 Å². The van der Waals surface area contributed by atoms with Crippen molar-refractivity contribution in [2.45, 2.75) is 24.3 Å². The fourth-order valence-corrected chi connectivity index (χ4v) is 3.73. The van der Waals surface area contributed by atoms with E-state index in [1.54, 1.807) is 0 Å². The Morgan fingerprint density at radius 3 is 2.53 bits per heavy atom. The highest BCUT2D eigenvalue weighted by Crippen LogP contribution is 2.19. The number of hydrogen-bond donors (Lipinski definition) is 1. The second-order valence-corrected chi connectivity index (χ2v) is 8.40. The van der Waals surface area contributed by atoms with Crippen molar-refractivity contribution in [1.29, 1.82) is 0 Å². The number of Topliss-reactive ketones (excluding diaryl/α,β-unsaturated/α-hetero) is 1. The molecule has 1 aromatic carbocycles. The Kier molecular flexibility index (Phi) is 6.80. The zero-order chi connectivity index (χ0) is 21.7. The molecular formula is C19H15ClF2N4O3S. The molecule has 0 fully saturated rings. The SMILES string of the molecule is O=C(CCc1cncc(F)c1)c1cnc(CNS(=O)(=O)c2ccc(F)c(Cl)c2)cn1. The summed E-state index contributed by atoms with van der Waals surface area (Å²) in [7, 11) is -3.94. The van der Waals surface area contributed by atoms with Crippen LogP contribution >= 0.6 is 11.6 Å². The molecule has 30 heavy (non-hydrogen) atoms. The van der Waals surface area contributed by atoms with Crippen molar-refractivity contribution >= 4 is 27.4 Å². The van der Waals surface area contributed by atoms with E-state index in [9.17, 15) is 22.0 Å². The Labute approximate surface area is 176 Å². The number of carbonyl (C=O) groups is 1. The number of nitrogens with one attached hydrogen (secondary N) is 1. The van der Waals surface area contributed by atoms with Crippen LogP contribution in [0.2, 0.25) is 5.02 Å². The third-order valence-corrected chi connectivity index (χ3v) is 5.73. The molecule has 2 aromatic heterocycles. The summed E-state index contributed by atoms with van der Waals surface area (Å²) in [6, 6.07) is 4.35. The predicted octanol–water partition coefficient (Wildman–Crippen LogP) is 3.10. The van der Waals surface area contributed by atoms with E-state index < -0.39 is 21.7 Å². The van der Waals surface area contributed by atoms with Crippen LogP contribution in [0.4, 0.5) is 8.78 Å². The van der Waals surface area contributed by atoms with E-state index in [1.807, 2.05) is 0 Å². The largest absolute Gasteiger partial charge is 0.292 e. The number of ketones is 1. The minimum Gasteiger partial charge on any atom is -0.292 e. The lowest BCUT2D eigenvalue weighted by molar-refractivity contribution is 0.0977. The highest BCUT2D eigenvalue weighted by Gasteiger charge is 2.16. The van der Waals surface area contributed by atoms with E-state index in [0.29, 0.717) is 12.0 Å². The summed E-state index contributed by atoms with van der Waals surface area (Å²) >= 11 is 5.61. The molecule has 0 radical (unpaired) electrons. The first kappa shape index (κ1) is 21.9. The van der Waals surface area contributed by atoms with Crippen molar-refractivity contribution < 1.29 is 22.0 Å². The standard InChI is InChI=1S/C19H15ClF2N4O3S/c20-16-6-15(2-3-17(16)22)30(28,29)26-10-14-9-25-18(11-24-14)19(27)4-1-12-5-13(21)8-23-7-12/h2-3,5-9,11,26H,1,4,10H2. The third-order valence-electron chi connectivity index (χ3n) is 4.04. The van der Waals surface area contributed by atoms with E-state index in [-0.39, 0.29) is 40.1 Å². The summed E-state index contributed by atoms with van der Waals surface area (Å²) in [5.41, 5.74) is 0.970. The molecule has 0 unspecified atom stereocenters. The van der Waals surface area contributed by atoms with Crippen LogP contribution in [0.15, 0.2) is 53.9 Å². The molecule has 0 saturated heterocycles. The smallest absolute Gasteiger partial charge is 0.240 e. The maximum absolute atomic E-state index is 13.2. The number of sulfonamides is 1. The number of hydrogen-bond acceptors (Lipinski definition) is 6. The van der Waals surface area contributed by atoms with Gasteiger partial charge in [0.05, 0.1) is 40.7 Å². The first-order chi connectivity index (χ1) is 14.2. The van der Waals surface area contributed by atoms with Gasteiger partial charge in [0.15, 0.2) is 5.78 Å². The molecule has 156 valence electrons. The summed E-state index contributed by atoms with van der Waals surface area (Å²) in [4.78, 5) is 23.8. The van der Waals surface area contributed by atoms with Crippen molar-refractivity contribution in [3.8, 4) is 0 Å². The highest BCUT2D eigenvalue weighted by atomic mass is 35.5. The van der Waals surface area contributed by atoms with Gasteiger partial charge in [-0.3, -0.25) is 14.8 Å². The molecule has 0 aliphatic rings. The van der Waals surface area contributed by atoms with E-state index in [0.717, 1.165) is 24.4 Å². The fraction of sp³-hybridized carbons (Fsp3) is 0.158. The highest BCUT2D eigenvalue weighted by molar-refractivity contribution is 7.89. The van der Waals surface area contributed by atoms with Gasteiger partial charge in [0, 0.05) is 12.6 Å². The zero-order valence-electron chi connectivity index (χ0n) is 15.3. The van der Waals surface area contributed by atoms with Crippen LogP contribution in [-0.4, -0.2) is 29.2 Å². The average Bonchev–Trinajstić information content (AvgIpc) is 2.73. The number of pyridine rings is 1. The molecule has 0 amide bonds. The number of nitrogens with zero attached hydrogens (tertiary/aromatic N) is 3. The quantitative estimate of drug-likeness (QED) is 0.527. The molecule has 0 atom stereocenters. The number of aryl methyl sites for hydroxylation is 1. The summed E-state index contributed by atoms with van der Waals surface area (Å²) in [5.74, 6) is -1.50. The van der Waals surface area contributed by atoms with Crippen molar-refractivity contribution in [3.05, 3.63) is 82.7 Å². The molecule has 11 heteroatoms. The van der Waals surface area contributed by atoms with Gasteiger partial charge in [-0.2, -0.15) is 0 Å². The van der Waals surface area contributed by atoms with Gasteiger partial charge in [-0.15, -0.1) is 0 Å². The number of halogens is 3. The second-order valence-electron chi connectivity index (χ2n) is 6.23. The molecule has 3 aromatic rings. The normalized spacial score (nSPS) is 11.4. The van der Waals surface area contributed by atoms with Gasteiger partial charge in [0.25, 0.3) is 0 Å². The number of benzene rings is 1. The monoisotopic (exact) mass is 452 g/mol. The Morgan fingerprint density at radius 1 is 1.07 bits per heavy atom. The van der Waals surface area contributed by atoms with Gasteiger partial charge < -0.3 is 0 Å². The van der Waals surface area contributed by atoms with Gasteiger partial charge in [0.2, 0.25) is 10.0 Å². The molecule has 0 aliphatic heterocycles. The van der Waals surface area contributed by atoms with Crippen LogP contribution < -0.4 is 4.72 Å². The lowest BCUT2D eigenvalue weighted by Crippen LogP contribution is -2.24. The molecule has 7 nitrogen and oxygen atoms in total. The van der Waals surface area contributed by atoms with Crippen LogP contribution in [0.1, 0.15) is 28.2 Å². The maximum atomic E-state index is 13.2. The molecule has 0 spiro atoms. The summed E-state index contributed by atoms with van der Waals surface area (Å²) in [5, 5.41) is -0.311. The zero-order valence-corrected chi connectivity index (χ0v) is 16.9. The van der Waals surface area contributed by atoms with E-state index >= 15 is 0 Å². The Morgan fingerprint density at radius 2 is 1.87 bits per heavy atom. The number of rotatable bonds is 8. The summed E-state index contributed by atoms with van der Waals surface area (Å²) in [6.45, 7) is -0.187. The minimum absolute atomic E-state index is 0.0944. The lowest BCUT2D eigenvalue weighted by atomic mass is 10.1. The van der Waals surface area contributed by atoms with Crippen LogP contribution in [0, 0.1) is 11.6 Å². The molecule has 2 heterocycles. The molecule has 1 N–H and O–H groups in total. The Hall–Kier alpha value is -2.82. The third kappa shape index (κ3) is 5.62. The van der Waals surface area contributed by atoms with Crippen LogP contribution in [-0.2, 0) is 23.0 Å². The van der Waals surface area contributed by atoms with Crippen molar-refractivity contribution in [2.24, 2.45) is 0 Å². The van der Waals surface area contributed by atoms with Crippen molar-refractivity contribution in [2.75, 3.05) is 0 Å². The van der Waals surface area contributed by atoms with E-state index in [2.05, 4.69) is 19.7 Å². The van der Waals surface area contributed by atoms with Gasteiger partial charge in [0.1, 0.15) is 17.3 Å². The Bertz CT molecular complexity index is 1170. The maximum Gasteiger partial charge on any atom is 0.240 e. The number of aromatic nitrogens is 3. The van der Waals surface area contributed by atoms with Crippen LogP contribution in [0.25, 0.3) is 0 Å². The van der Waals surface area contributed by atoms with E-state index in [4.69, 9.17) is 11.6 Å². The van der Waals surface area contributed by atoms with Gasteiger partial charge >= 0.3 is 0 Å². The van der Waals surface area contributed by atoms with Gasteiger partial charge in [-0.05, 0) is 36.2 Å².